The van der Waals surface area contributed by atoms with Gasteiger partial charge in [0.15, 0.2) is 0 Å². The summed E-state index contributed by atoms with van der Waals surface area (Å²) in [5.41, 5.74) is 7.79. The lowest BCUT2D eigenvalue weighted by atomic mass is 9.97. The van der Waals surface area contributed by atoms with E-state index in [-0.39, 0.29) is 5.91 Å². The number of aryl methyl sites for hydroxylation is 1. The summed E-state index contributed by atoms with van der Waals surface area (Å²) in [4.78, 5) is 26.8. The highest BCUT2D eigenvalue weighted by Gasteiger charge is 2.28. The van der Waals surface area contributed by atoms with Crippen LogP contribution in [-0.2, 0) is 24.9 Å². The van der Waals surface area contributed by atoms with Gasteiger partial charge in [0.2, 0.25) is 0 Å². The summed E-state index contributed by atoms with van der Waals surface area (Å²) < 4.78 is 7.55. The predicted octanol–water partition coefficient (Wildman–Crippen LogP) is 3.52. The van der Waals surface area contributed by atoms with E-state index in [9.17, 15) is 4.79 Å². The van der Waals surface area contributed by atoms with E-state index in [0.29, 0.717) is 17.9 Å². The first-order chi connectivity index (χ1) is 18.0. The first-order valence-corrected chi connectivity index (χ1v) is 12.6. The van der Waals surface area contributed by atoms with Gasteiger partial charge in [-0.15, -0.1) is 0 Å². The van der Waals surface area contributed by atoms with Crippen molar-refractivity contribution < 1.29 is 9.53 Å². The summed E-state index contributed by atoms with van der Waals surface area (Å²) in [5, 5.41) is 7.49. The average molecular weight is 498 g/mol. The molecule has 0 radical (unpaired) electrons. The van der Waals surface area contributed by atoms with Crippen LogP contribution < -0.4 is 15.5 Å². The van der Waals surface area contributed by atoms with Crippen LogP contribution in [0.2, 0.25) is 0 Å². The largest absolute Gasteiger partial charge is 0.378 e. The number of pyridine rings is 2. The second-order valence-corrected chi connectivity index (χ2v) is 9.88. The van der Waals surface area contributed by atoms with Crippen LogP contribution in [0.4, 0.5) is 17.2 Å². The van der Waals surface area contributed by atoms with Crippen LogP contribution in [0.25, 0.3) is 22.2 Å². The van der Waals surface area contributed by atoms with Gasteiger partial charge in [-0.2, -0.15) is 0 Å². The molecule has 0 spiro atoms. The number of carbonyl (C=O) groups excluding carboxylic acids is 1. The monoisotopic (exact) mass is 497 g/mol. The third kappa shape index (κ3) is 4.30. The minimum Gasteiger partial charge on any atom is -0.378 e. The molecule has 9 nitrogen and oxygen atoms in total. The highest BCUT2D eigenvalue weighted by atomic mass is 16.5. The molecular weight excluding hydrogens is 466 g/mol. The summed E-state index contributed by atoms with van der Waals surface area (Å²) >= 11 is 0. The van der Waals surface area contributed by atoms with Crippen LogP contribution in [0.5, 0.6) is 0 Å². The average Bonchev–Trinajstić information content (AvgIpc) is 3.48. The van der Waals surface area contributed by atoms with Crippen molar-refractivity contribution in [3.8, 4) is 11.1 Å². The Labute approximate surface area is 216 Å². The van der Waals surface area contributed by atoms with Crippen molar-refractivity contribution in [2.75, 3.05) is 50.6 Å². The van der Waals surface area contributed by atoms with Gasteiger partial charge in [0.05, 0.1) is 18.8 Å². The van der Waals surface area contributed by atoms with Gasteiger partial charge in [-0.25, -0.2) is 9.97 Å². The van der Waals surface area contributed by atoms with Crippen molar-refractivity contribution in [2.24, 2.45) is 7.05 Å². The van der Waals surface area contributed by atoms with E-state index in [0.717, 1.165) is 66.3 Å². The maximum Gasteiger partial charge on any atom is 0.255 e. The lowest BCUT2D eigenvalue weighted by Gasteiger charge is -2.31. The molecule has 0 bridgehead atoms. The number of aromatic nitrogens is 3. The molecule has 2 N–H and O–H groups in total. The summed E-state index contributed by atoms with van der Waals surface area (Å²) in [5.74, 6) is 0.464. The Morgan fingerprint density at radius 3 is 2.76 bits per heavy atom. The SMILES string of the molecule is CN(C)Cc1cc(Nc2ncc(-c3ccnc4c3ccn4C)c3c2C(=O)NC3)ccc1N1CCOCC1. The molecule has 190 valence electrons. The van der Waals surface area contributed by atoms with Gasteiger partial charge in [-0.1, -0.05) is 0 Å². The van der Waals surface area contributed by atoms with E-state index < -0.39 is 0 Å². The summed E-state index contributed by atoms with van der Waals surface area (Å²) in [7, 11) is 6.13. The molecule has 0 saturated carbocycles. The highest BCUT2D eigenvalue weighted by molar-refractivity contribution is 6.06. The van der Waals surface area contributed by atoms with Crippen molar-refractivity contribution in [2.45, 2.75) is 13.1 Å². The molecule has 2 aliphatic rings. The van der Waals surface area contributed by atoms with Gasteiger partial charge < -0.3 is 29.7 Å². The minimum absolute atomic E-state index is 0.108. The number of nitrogens with zero attached hydrogens (tertiary/aromatic N) is 5. The molecule has 1 amide bonds. The number of anilines is 3. The summed E-state index contributed by atoms with van der Waals surface area (Å²) in [6.45, 7) is 4.53. The second kappa shape index (κ2) is 9.49. The Bertz CT molecular complexity index is 1490. The summed E-state index contributed by atoms with van der Waals surface area (Å²) in [6, 6.07) is 10.4. The third-order valence-corrected chi connectivity index (χ3v) is 7.08. The lowest BCUT2D eigenvalue weighted by molar-refractivity contribution is 0.0966. The number of fused-ring (bicyclic) bond motifs is 2. The van der Waals surface area contributed by atoms with Gasteiger partial charge in [0.25, 0.3) is 5.91 Å². The zero-order valence-electron chi connectivity index (χ0n) is 21.4. The number of morpholine rings is 1. The van der Waals surface area contributed by atoms with Gasteiger partial charge in [0, 0.05) is 74.1 Å². The molecule has 9 heteroatoms. The van der Waals surface area contributed by atoms with Gasteiger partial charge >= 0.3 is 0 Å². The Morgan fingerprint density at radius 1 is 1.11 bits per heavy atom. The fourth-order valence-corrected chi connectivity index (χ4v) is 5.34. The van der Waals surface area contributed by atoms with Crippen molar-refractivity contribution >= 4 is 34.1 Å². The number of nitrogens with one attached hydrogen (secondary N) is 2. The van der Waals surface area contributed by atoms with Gasteiger partial charge in [-0.3, -0.25) is 4.79 Å². The van der Waals surface area contributed by atoms with Crippen molar-refractivity contribution in [1.29, 1.82) is 0 Å². The number of ether oxygens (including phenoxy) is 1. The topological polar surface area (TPSA) is 87.5 Å². The van der Waals surface area contributed by atoms with E-state index in [2.05, 4.69) is 63.8 Å². The van der Waals surface area contributed by atoms with Crippen molar-refractivity contribution in [1.82, 2.24) is 24.8 Å². The normalized spacial score (nSPS) is 15.4. The molecule has 37 heavy (non-hydrogen) atoms. The first kappa shape index (κ1) is 23.4. The predicted molar refractivity (Wildman–Crippen MR) is 145 cm³/mol. The maximum atomic E-state index is 13.0. The van der Waals surface area contributed by atoms with Crippen LogP contribution >= 0.6 is 0 Å². The maximum absolute atomic E-state index is 13.0. The van der Waals surface area contributed by atoms with Crippen LogP contribution in [0, 0.1) is 0 Å². The molecule has 0 unspecified atom stereocenters. The molecule has 6 rings (SSSR count). The molecule has 4 aromatic rings. The van der Waals surface area contributed by atoms with E-state index in [4.69, 9.17) is 9.72 Å². The second-order valence-electron chi connectivity index (χ2n) is 9.88. The molecule has 1 fully saturated rings. The number of carbonyl (C=O) groups is 1. The zero-order valence-corrected chi connectivity index (χ0v) is 21.4. The molecular formula is C28H31N7O2. The Balaban J connectivity index is 1.38. The Kier molecular flexibility index (Phi) is 6.02. The van der Waals surface area contributed by atoms with Crippen molar-refractivity contribution in [3.05, 3.63) is 65.6 Å². The fourth-order valence-electron chi connectivity index (χ4n) is 5.34. The molecule has 1 aromatic carbocycles. The number of amides is 1. The number of benzene rings is 1. The summed E-state index contributed by atoms with van der Waals surface area (Å²) in [6.07, 6.45) is 5.68. The zero-order chi connectivity index (χ0) is 25.5. The van der Waals surface area contributed by atoms with E-state index in [1.165, 1.54) is 11.3 Å². The third-order valence-electron chi connectivity index (χ3n) is 7.08. The molecule has 3 aromatic heterocycles. The number of rotatable bonds is 6. The van der Waals surface area contributed by atoms with Gasteiger partial charge in [-0.05, 0) is 61.1 Å². The smallest absolute Gasteiger partial charge is 0.255 e. The lowest BCUT2D eigenvalue weighted by Crippen LogP contribution is -2.37. The van der Waals surface area contributed by atoms with E-state index >= 15 is 0 Å². The quantitative estimate of drug-likeness (QED) is 0.421. The van der Waals surface area contributed by atoms with E-state index in [1.54, 1.807) is 0 Å². The molecule has 0 atom stereocenters. The van der Waals surface area contributed by atoms with Crippen LogP contribution in [-0.4, -0.2) is 65.7 Å². The molecule has 2 aliphatic heterocycles. The molecule has 0 aliphatic carbocycles. The standard InChI is InChI=1S/C28H31N7O2/c1-33(2)17-18-14-19(4-5-24(18)35-10-12-37-13-11-35)32-26-25-23(16-31-28(25)36)22(15-30-26)20-6-8-29-27-21(20)7-9-34(27)3/h4-9,14-15H,10-13,16-17H2,1-3H3,(H,30,32)(H,31,36). The highest BCUT2D eigenvalue weighted by Crippen LogP contribution is 2.37. The molecule has 1 saturated heterocycles. The van der Waals surface area contributed by atoms with Crippen LogP contribution in [0.1, 0.15) is 21.5 Å². The van der Waals surface area contributed by atoms with Gasteiger partial charge in [0.1, 0.15) is 11.5 Å². The van der Waals surface area contributed by atoms with Crippen molar-refractivity contribution in [3.63, 3.8) is 0 Å². The molecule has 5 heterocycles. The first-order valence-electron chi connectivity index (χ1n) is 12.6. The Hall–Kier alpha value is -3.95. The number of hydrogen-bond donors (Lipinski definition) is 2. The minimum atomic E-state index is -0.108. The van der Waals surface area contributed by atoms with E-state index in [1.807, 2.05) is 36.3 Å². The van der Waals surface area contributed by atoms with Crippen LogP contribution in [0.15, 0.2) is 48.9 Å². The Morgan fingerprint density at radius 2 is 1.95 bits per heavy atom. The number of hydrogen-bond acceptors (Lipinski definition) is 7. The van der Waals surface area contributed by atoms with Crippen LogP contribution in [0.3, 0.4) is 0 Å². The fraction of sp³-hybridized carbons (Fsp3) is 0.321.